The molecule has 0 atom stereocenters. The molecule has 0 bridgehead atoms. The number of nitrogens with zero attached hydrogens (tertiary/aromatic N) is 8. The predicted molar refractivity (Wildman–Crippen MR) is 474 cm³/mol. The lowest BCUT2D eigenvalue weighted by molar-refractivity contribution is 0.660. The summed E-state index contributed by atoms with van der Waals surface area (Å²) in [4.78, 5) is 30.8. The fourth-order valence-corrected chi connectivity index (χ4v) is 20.7. The fourth-order valence-electron chi connectivity index (χ4n) is 18.2. The average Bonchev–Trinajstić information content (AvgIpc) is 1.56. The maximum atomic E-state index is 5.39. The Morgan fingerprint density at radius 2 is 0.690 bits per heavy atom. The van der Waals surface area contributed by atoms with Gasteiger partial charge in [-0.15, -0.1) is 22.7 Å². The number of aromatic nitrogens is 8. The number of benzene rings is 15. The molecule has 0 saturated heterocycles. The summed E-state index contributed by atoms with van der Waals surface area (Å²) in [5.74, 6) is 1.33. The highest BCUT2D eigenvalue weighted by atomic mass is 32.1. The summed E-state index contributed by atoms with van der Waals surface area (Å²) in [7, 11) is 0. The van der Waals surface area contributed by atoms with Crippen LogP contribution in [0.5, 0.6) is 0 Å². The third-order valence-electron chi connectivity index (χ3n) is 23.2. The van der Waals surface area contributed by atoms with Crippen molar-refractivity contribution in [3.8, 4) is 90.0 Å². The van der Waals surface area contributed by atoms with Crippen LogP contribution < -0.4 is 0 Å². The molecule has 1 aliphatic carbocycles. The first-order chi connectivity index (χ1) is 55.8. The van der Waals surface area contributed by atoms with E-state index in [4.69, 9.17) is 29.9 Å². The number of hydrogen-bond donors (Lipinski definition) is 0. The van der Waals surface area contributed by atoms with E-state index in [1.54, 1.807) is 0 Å². The number of hydrogen-bond acceptors (Lipinski definition) is 8. The third kappa shape index (κ3) is 10.1. The van der Waals surface area contributed by atoms with Crippen molar-refractivity contribution in [3.05, 3.63) is 363 Å². The van der Waals surface area contributed by atoms with E-state index in [1.807, 2.05) is 59.3 Å². The number of thiophene rings is 2. The molecule has 23 aromatic rings. The first-order valence-electron chi connectivity index (χ1n) is 38.3. The van der Waals surface area contributed by atoms with Crippen molar-refractivity contribution in [3.63, 3.8) is 0 Å². The molecular weight excluding hydrogens is 1410 g/mol. The van der Waals surface area contributed by atoms with Crippen LogP contribution in [0.25, 0.3) is 218 Å². The minimum atomic E-state index is -0.122. The zero-order valence-corrected chi connectivity index (χ0v) is 63.0. The van der Waals surface area contributed by atoms with Gasteiger partial charge in [-0.05, 0) is 152 Å². The number of fused-ring (bicyclic) bond motifs is 25. The van der Waals surface area contributed by atoms with Crippen molar-refractivity contribution < 1.29 is 0 Å². The van der Waals surface area contributed by atoms with Crippen molar-refractivity contribution >= 4 is 150 Å². The van der Waals surface area contributed by atoms with E-state index in [-0.39, 0.29) is 5.41 Å². The molecule has 0 N–H and O–H groups in total. The Bertz CT molecular complexity index is 7870. The third-order valence-corrected chi connectivity index (χ3v) is 25.6. The van der Waals surface area contributed by atoms with Gasteiger partial charge in [0.2, 0.25) is 0 Å². The van der Waals surface area contributed by atoms with Gasteiger partial charge in [0.05, 0.1) is 33.1 Å². The lowest BCUT2D eigenvalue weighted by Gasteiger charge is -2.22. The van der Waals surface area contributed by atoms with E-state index < -0.39 is 0 Å². The second-order valence-electron chi connectivity index (χ2n) is 29.9. The van der Waals surface area contributed by atoms with E-state index in [2.05, 4.69) is 338 Å². The first kappa shape index (κ1) is 64.8. The number of para-hydroxylation sites is 2. The molecule has 0 radical (unpaired) electrons. The summed E-state index contributed by atoms with van der Waals surface area (Å²) in [5.41, 5.74) is 25.3. The molecule has 0 aliphatic heterocycles. The summed E-state index contributed by atoms with van der Waals surface area (Å²) in [6.45, 7) is 4.64. The molecule has 0 saturated carbocycles. The van der Waals surface area contributed by atoms with Crippen molar-refractivity contribution in [2.24, 2.45) is 0 Å². The van der Waals surface area contributed by atoms with Crippen LogP contribution in [0.15, 0.2) is 352 Å². The second-order valence-corrected chi connectivity index (χ2v) is 32.0. The van der Waals surface area contributed by atoms with Crippen molar-refractivity contribution in [2.45, 2.75) is 19.3 Å². The van der Waals surface area contributed by atoms with E-state index in [0.29, 0.717) is 11.6 Å². The summed E-state index contributed by atoms with van der Waals surface area (Å²) >= 11 is 3.78. The molecular formula is C103H64N8S2. The highest BCUT2D eigenvalue weighted by Crippen LogP contribution is 2.53. The van der Waals surface area contributed by atoms with Crippen LogP contribution in [0.2, 0.25) is 0 Å². The lowest BCUT2D eigenvalue weighted by Crippen LogP contribution is -2.15. The van der Waals surface area contributed by atoms with Gasteiger partial charge >= 0.3 is 0 Å². The maximum absolute atomic E-state index is 5.39. The van der Waals surface area contributed by atoms with E-state index in [0.717, 1.165) is 89.3 Å². The molecule has 24 rings (SSSR count). The maximum Gasteiger partial charge on any atom is 0.160 e. The van der Waals surface area contributed by atoms with Crippen LogP contribution in [0, 0.1) is 0 Å². The highest BCUT2D eigenvalue weighted by molar-refractivity contribution is 7.27. The predicted octanol–water partition coefficient (Wildman–Crippen LogP) is 27.6. The van der Waals surface area contributed by atoms with Crippen molar-refractivity contribution in [2.75, 3.05) is 0 Å². The van der Waals surface area contributed by atoms with Gasteiger partial charge in [-0.25, -0.2) is 19.9 Å². The normalized spacial score (nSPS) is 12.6. The zero-order valence-electron chi connectivity index (χ0n) is 61.4. The van der Waals surface area contributed by atoms with Crippen LogP contribution in [-0.2, 0) is 5.41 Å². The van der Waals surface area contributed by atoms with Gasteiger partial charge in [0, 0.05) is 124 Å². The van der Waals surface area contributed by atoms with Crippen molar-refractivity contribution in [1.29, 1.82) is 0 Å². The van der Waals surface area contributed by atoms with Gasteiger partial charge in [0.25, 0.3) is 0 Å². The van der Waals surface area contributed by atoms with Crippen LogP contribution in [0.1, 0.15) is 25.0 Å². The summed E-state index contributed by atoms with van der Waals surface area (Å²) in [6, 6.07) is 122. The standard InChI is InChI=1S/C53H32N4S.C50H32N4S/c1-3-15-33(16-4-1)36-29-37(34-17-5-2-6-18-34)31-38(30-36)49-50-44(25-14-28-54-50)55-53(56-49)35-19-13-20-39(32-35)57-45-26-11-9-23-42(45)48-51(57)41-22-8-7-21-40(41)47-43-24-10-12-27-46(43)58-52(47)48;1-50(2)38-20-8-5-15-32(38)33-25-24-29(28-39(33)50)45-46-40(21-12-26-51-46)52-49(53-45)30-13-11-14-31(27-30)54-41-22-9-6-18-36(41)44-47(54)35-17-4-3-16-34(35)43-37-19-7-10-23-42(37)55-48(43)44/h1-32H;3-28H,1-2H3. The minimum absolute atomic E-state index is 0.122. The molecule has 8 heterocycles. The average molecular weight is 1480 g/mol. The summed E-state index contributed by atoms with van der Waals surface area (Å²) < 4.78 is 10.2. The molecule has 0 spiro atoms. The molecule has 15 aromatic carbocycles. The SMILES string of the molecule is CC1(C)c2ccccc2-c2ccc(-c3nc(-c4cccc(-n5c6ccccc6c6c7sc8ccccc8c7c7ccccc7c65)c4)nc4cccnc34)cc21.c1ccc(-c2cc(-c3ccccc3)cc(-c3nc(-c4cccc(-n5c6ccccc6c6c7sc8ccccc8c7c7ccccc7c65)c4)nc4cccnc34)c2)cc1. The molecule has 0 amide bonds. The highest BCUT2D eigenvalue weighted by Gasteiger charge is 2.36. The van der Waals surface area contributed by atoms with Gasteiger partial charge in [0.15, 0.2) is 11.6 Å². The molecule has 1 aliphatic rings. The van der Waals surface area contributed by atoms with Gasteiger partial charge in [-0.3, -0.25) is 9.97 Å². The molecule has 0 fully saturated rings. The largest absolute Gasteiger partial charge is 0.309 e. The van der Waals surface area contributed by atoms with Gasteiger partial charge < -0.3 is 9.13 Å². The molecule has 528 valence electrons. The minimum Gasteiger partial charge on any atom is -0.309 e. The van der Waals surface area contributed by atoms with E-state index in [9.17, 15) is 0 Å². The molecule has 8 aromatic heterocycles. The van der Waals surface area contributed by atoms with Crippen molar-refractivity contribution in [1.82, 2.24) is 39.0 Å². The quantitative estimate of drug-likeness (QED) is 0.151. The topological polar surface area (TPSA) is 87.2 Å². The zero-order chi connectivity index (χ0) is 74.6. The Morgan fingerprint density at radius 3 is 1.21 bits per heavy atom. The Labute approximate surface area is 657 Å². The smallest absolute Gasteiger partial charge is 0.160 e. The van der Waals surface area contributed by atoms with Crippen LogP contribution >= 0.6 is 22.7 Å². The van der Waals surface area contributed by atoms with Crippen LogP contribution in [-0.4, -0.2) is 39.0 Å². The Kier molecular flexibility index (Phi) is 14.6. The monoisotopic (exact) mass is 1480 g/mol. The second kappa shape index (κ2) is 25.5. The summed E-state index contributed by atoms with van der Waals surface area (Å²) in [6.07, 6.45) is 3.66. The Hall–Kier alpha value is -14.2. The Balaban J connectivity index is 0.000000135. The van der Waals surface area contributed by atoms with Gasteiger partial charge in [-0.1, -0.05) is 257 Å². The molecule has 8 nitrogen and oxygen atoms in total. The van der Waals surface area contributed by atoms with Crippen LogP contribution in [0.3, 0.4) is 0 Å². The van der Waals surface area contributed by atoms with E-state index >= 15 is 0 Å². The van der Waals surface area contributed by atoms with Gasteiger partial charge in [0.1, 0.15) is 22.4 Å². The molecule has 113 heavy (non-hydrogen) atoms. The molecule has 0 unspecified atom stereocenters. The van der Waals surface area contributed by atoms with E-state index in [1.165, 1.54) is 128 Å². The first-order valence-corrected chi connectivity index (χ1v) is 39.9. The lowest BCUT2D eigenvalue weighted by atomic mass is 9.82. The van der Waals surface area contributed by atoms with Crippen LogP contribution in [0.4, 0.5) is 0 Å². The fraction of sp³-hybridized carbons (Fsp3) is 0.0291. The molecule has 10 heteroatoms. The number of pyridine rings is 2. The Morgan fingerprint density at radius 1 is 0.274 bits per heavy atom. The van der Waals surface area contributed by atoms with Gasteiger partial charge in [-0.2, -0.15) is 0 Å². The summed E-state index contributed by atoms with van der Waals surface area (Å²) in [5, 5.41) is 15.4. The number of rotatable bonds is 8.